The highest BCUT2D eigenvalue weighted by Crippen LogP contribution is 2.24. The van der Waals surface area contributed by atoms with Gasteiger partial charge in [0, 0.05) is 37.3 Å². The van der Waals surface area contributed by atoms with Gasteiger partial charge < -0.3 is 10.2 Å². The molecule has 0 unspecified atom stereocenters. The number of rotatable bonds is 8. The summed E-state index contributed by atoms with van der Waals surface area (Å²) in [6.45, 7) is 2.29. The number of piperidine rings is 1. The van der Waals surface area contributed by atoms with Crippen LogP contribution < -0.4 is 5.32 Å². The van der Waals surface area contributed by atoms with Gasteiger partial charge in [0.25, 0.3) is 0 Å². The maximum absolute atomic E-state index is 12.7. The van der Waals surface area contributed by atoms with E-state index in [1.54, 1.807) is 46.7 Å². The molecule has 0 aliphatic carbocycles. The average Bonchev–Trinajstić information content (AvgIpc) is 2.75. The van der Waals surface area contributed by atoms with Gasteiger partial charge in [0.05, 0.1) is 10.6 Å². The topological polar surface area (TPSA) is 66.5 Å². The van der Waals surface area contributed by atoms with Crippen LogP contribution in [0.15, 0.2) is 52.9 Å². The van der Waals surface area contributed by atoms with Crippen molar-refractivity contribution < 1.29 is 13.2 Å². The molecule has 162 valence electrons. The first-order valence-electron chi connectivity index (χ1n) is 10.1. The molecule has 1 fully saturated rings. The first-order valence-corrected chi connectivity index (χ1v) is 12.7. The van der Waals surface area contributed by atoms with Crippen LogP contribution in [0.25, 0.3) is 10.8 Å². The fraction of sp³-hybridized carbons (Fsp3) is 0.409. The number of carbonyl (C=O) groups is 1. The van der Waals surface area contributed by atoms with Crippen molar-refractivity contribution in [3.63, 3.8) is 0 Å². The van der Waals surface area contributed by atoms with Crippen molar-refractivity contribution in [1.29, 1.82) is 0 Å². The van der Waals surface area contributed by atoms with Gasteiger partial charge in [0.1, 0.15) is 0 Å². The zero-order chi connectivity index (χ0) is 21.6. The van der Waals surface area contributed by atoms with Crippen LogP contribution in [0.3, 0.4) is 0 Å². The lowest BCUT2D eigenvalue weighted by atomic mass is 9.93. The van der Waals surface area contributed by atoms with Gasteiger partial charge in [-0.25, -0.2) is 8.42 Å². The Bertz CT molecular complexity index is 1020. The number of hydrogen-bond acceptors (Lipinski definition) is 5. The van der Waals surface area contributed by atoms with Crippen LogP contribution in [-0.4, -0.2) is 44.6 Å². The second-order valence-corrected chi connectivity index (χ2v) is 10.4. The van der Waals surface area contributed by atoms with Crippen LogP contribution in [0.1, 0.15) is 25.7 Å². The minimum absolute atomic E-state index is 0.0138. The molecule has 0 aromatic heterocycles. The van der Waals surface area contributed by atoms with E-state index in [2.05, 4.69) is 17.9 Å². The quantitative estimate of drug-likeness (QED) is 0.450. The van der Waals surface area contributed by atoms with Gasteiger partial charge in [0.2, 0.25) is 5.91 Å². The van der Waals surface area contributed by atoms with E-state index in [9.17, 15) is 13.2 Å². The summed E-state index contributed by atoms with van der Waals surface area (Å²) >= 11 is 9.99. The number of hydrogen-bond donors (Lipinski definition) is 2. The molecule has 0 saturated carbocycles. The monoisotopic (exact) mass is 466 g/mol. The number of thiol groups is 1. The zero-order valence-electron chi connectivity index (χ0n) is 16.8. The molecule has 30 heavy (non-hydrogen) atoms. The van der Waals surface area contributed by atoms with Crippen molar-refractivity contribution in [1.82, 2.24) is 10.2 Å². The van der Waals surface area contributed by atoms with Crippen LogP contribution in [0.5, 0.6) is 0 Å². The number of halogens is 1. The van der Waals surface area contributed by atoms with Gasteiger partial charge in [-0.05, 0) is 65.6 Å². The van der Waals surface area contributed by atoms with E-state index in [1.807, 2.05) is 6.20 Å². The number of carbonyl (C=O) groups excluding carboxylic acids is 1. The standard InChI is InChI=1S/C22H27ClN2O3S2/c23-20-3-1-19-16-21(4-2-18(19)15-20)30(27,28)14-8-22(26)25-11-6-17(7-12-25)5-9-24-10-13-29/h1-4,10,13,15-17,24,29H,5-9,11-12,14H2/b13-10-. The molecule has 5 nitrogen and oxygen atoms in total. The first kappa shape index (κ1) is 23.0. The van der Waals surface area contributed by atoms with E-state index in [0.717, 1.165) is 36.6 Å². The molecule has 1 aliphatic heterocycles. The number of benzene rings is 2. The van der Waals surface area contributed by atoms with E-state index in [1.165, 1.54) is 0 Å². The van der Waals surface area contributed by atoms with Crippen molar-refractivity contribution in [3.05, 3.63) is 53.0 Å². The summed E-state index contributed by atoms with van der Waals surface area (Å²) in [6, 6.07) is 10.3. The lowest BCUT2D eigenvalue weighted by Gasteiger charge is -2.32. The molecule has 1 N–H and O–H groups in total. The highest BCUT2D eigenvalue weighted by molar-refractivity contribution is 7.91. The van der Waals surface area contributed by atoms with Gasteiger partial charge >= 0.3 is 0 Å². The predicted octanol–water partition coefficient (Wildman–Crippen LogP) is 4.28. The molecule has 0 spiro atoms. The SMILES string of the molecule is O=C(CCS(=O)(=O)c1ccc2cc(Cl)ccc2c1)N1CCC(CCN/C=C\S)CC1. The molecular formula is C22H27ClN2O3S2. The van der Waals surface area contributed by atoms with Crippen LogP contribution in [0.2, 0.25) is 5.02 Å². The summed E-state index contributed by atoms with van der Waals surface area (Å²) < 4.78 is 25.5. The number of sulfone groups is 1. The second-order valence-electron chi connectivity index (χ2n) is 7.60. The molecule has 8 heteroatoms. The molecule has 0 atom stereocenters. The average molecular weight is 467 g/mol. The van der Waals surface area contributed by atoms with Gasteiger partial charge in [-0.1, -0.05) is 23.7 Å². The van der Waals surface area contributed by atoms with E-state index in [-0.39, 0.29) is 23.0 Å². The van der Waals surface area contributed by atoms with Crippen LogP contribution in [0, 0.1) is 5.92 Å². The van der Waals surface area contributed by atoms with Crippen LogP contribution in [-0.2, 0) is 14.6 Å². The second kappa shape index (κ2) is 10.6. The molecule has 0 bridgehead atoms. The maximum atomic E-state index is 12.7. The molecular weight excluding hydrogens is 440 g/mol. The minimum atomic E-state index is -3.53. The van der Waals surface area contributed by atoms with Crippen molar-refractivity contribution in [2.24, 2.45) is 5.92 Å². The molecule has 1 saturated heterocycles. The summed E-state index contributed by atoms with van der Waals surface area (Å²) in [5.41, 5.74) is 0. The lowest BCUT2D eigenvalue weighted by Crippen LogP contribution is -2.39. The number of likely N-dealkylation sites (tertiary alicyclic amines) is 1. The molecule has 1 aliphatic rings. The molecule has 1 heterocycles. The Labute approximate surface area is 188 Å². The molecule has 3 rings (SSSR count). The van der Waals surface area contributed by atoms with E-state index in [4.69, 9.17) is 11.6 Å². The predicted molar refractivity (Wildman–Crippen MR) is 126 cm³/mol. The Morgan fingerprint density at radius 2 is 1.87 bits per heavy atom. The number of nitrogens with one attached hydrogen (secondary N) is 1. The third-order valence-corrected chi connectivity index (χ3v) is 7.67. The fourth-order valence-electron chi connectivity index (χ4n) is 3.78. The maximum Gasteiger partial charge on any atom is 0.223 e. The van der Waals surface area contributed by atoms with Crippen molar-refractivity contribution >= 4 is 50.7 Å². The summed E-state index contributed by atoms with van der Waals surface area (Å²) in [4.78, 5) is 14.6. The Balaban J connectivity index is 1.51. The smallest absolute Gasteiger partial charge is 0.223 e. The number of fused-ring (bicyclic) bond motifs is 1. The van der Waals surface area contributed by atoms with Gasteiger partial charge in [-0.15, -0.1) is 12.6 Å². The third-order valence-electron chi connectivity index (χ3n) is 5.57. The molecule has 2 aromatic carbocycles. The summed E-state index contributed by atoms with van der Waals surface area (Å²) in [6.07, 6.45) is 4.80. The largest absolute Gasteiger partial charge is 0.390 e. The van der Waals surface area contributed by atoms with Gasteiger partial charge in [0.15, 0.2) is 9.84 Å². The van der Waals surface area contributed by atoms with Crippen LogP contribution >= 0.6 is 24.2 Å². The first-order chi connectivity index (χ1) is 14.4. The van der Waals surface area contributed by atoms with Crippen molar-refractivity contribution in [2.75, 3.05) is 25.4 Å². The third kappa shape index (κ3) is 6.15. The Hall–Kier alpha value is -1.70. The molecule has 2 aromatic rings. The summed E-state index contributed by atoms with van der Waals surface area (Å²) in [5, 5.41) is 7.15. The molecule has 0 radical (unpaired) electrons. The van der Waals surface area contributed by atoms with Crippen molar-refractivity contribution in [2.45, 2.75) is 30.6 Å². The van der Waals surface area contributed by atoms with E-state index >= 15 is 0 Å². The minimum Gasteiger partial charge on any atom is -0.390 e. The Kier molecular flexibility index (Phi) is 8.08. The summed E-state index contributed by atoms with van der Waals surface area (Å²) in [7, 11) is -3.53. The number of amides is 1. The zero-order valence-corrected chi connectivity index (χ0v) is 19.2. The lowest BCUT2D eigenvalue weighted by molar-refractivity contribution is -0.132. The highest BCUT2D eigenvalue weighted by Gasteiger charge is 2.24. The molecule has 1 amide bonds. The van der Waals surface area contributed by atoms with E-state index in [0.29, 0.717) is 24.0 Å². The Morgan fingerprint density at radius 1 is 1.17 bits per heavy atom. The van der Waals surface area contributed by atoms with Gasteiger partial charge in [-0.2, -0.15) is 0 Å². The fourth-order valence-corrected chi connectivity index (χ4v) is 5.33. The normalized spacial score (nSPS) is 15.7. The van der Waals surface area contributed by atoms with Gasteiger partial charge in [-0.3, -0.25) is 4.79 Å². The number of nitrogens with zero attached hydrogens (tertiary/aromatic N) is 1. The van der Waals surface area contributed by atoms with Crippen LogP contribution in [0.4, 0.5) is 0 Å². The summed E-state index contributed by atoms with van der Waals surface area (Å²) in [5.74, 6) is 0.329. The Morgan fingerprint density at radius 3 is 2.60 bits per heavy atom. The van der Waals surface area contributed by atoms with E-state index < -0.39 is 9.84 Å². The van der Waals surface area contributed by atoms with Crippen molar-refractivity contribution in [3.8, 4) is 0 Å². The highest BCUT2D eigenvalue weighted by atomic mass is 35.5.